The zero-order valence-corrected chi connectivity index (χ0v) is 16.8. The van der Waals surface area contributed by atoms with Crippen LogP contribution in [0.15, 0.2) is 59.0 Å². The molecule has 152 valence electrons. The van der Waals surface area contributed by atoms with Crippen molar-refractivity contribution in [2.24, 2.45) is 0 Å². The molecule has 2 aromatic carbocycles. The van der Waals surface area contributed by atoms with E-state index in [0.29, 0.717) is 18.8 Å². The Morgan fingerprint density at radius 2 is 1.86 bits per heavy atom. The number of methoxy groups -OCH3 is 1. The molecule has 3 amide bonds. The van der Waals surface area contributed by atoms with Crippen LogP contribution < -0.4 is 10.6 Å². The molecule has 0 aliphatic heterocycles. The second-order valence-electron chi connectivity index (χ2n) is 6.62. The molecule has 1 heterocycles. The summed E-state index contributed by atoms with van der Waals surface area (Å²) in [5.41, 5.74) is 2.35. The van der Waals surface area contributed by atoms with Crippen LogP contribution in [0.4, 0.5) is 15.3 Å². The second kappa shape index (κ2) is 9.14. The molecule has 0 radical (unpaired) electrons. The first kappa shape index (κ1) is 20.3. The Kier molecular flexibility index (Phi) is 6.39. The largest absolute Gasteiger partial charge is 0.459 e. The maximum absolute atomic E-state index is 12.7. The zero-order chi connectivity index (χ0) is 20.8. The maximum atomic E-state index is 12.7. The number of furan rings is 1. The Hall–Kier alpha value is -3.48. The van der Waals surface area contributed by atoms with Crippen molar-refractivity contribution >= 4 is 28.8 Å². The average molecular weight is 395 g/mol. The van der Waals surface area contributed by atoms with Gasteiger partial charge >= 0.3 is 12.1 Å². The summed E-state index contributed by atoms with van der Waals surface area (Å²) >= 11 is 0. The van der Waals surface area contributed by atoms with Crippen LogP contribution in [0.2, 0.25) is 0 Å². The number of rotatable bonds is 6. The number of hydrogen-bond donors (Lipinski definition) is 2. The van der Waals surface area contributed by atoms with E-state index in [-0.39, 0.29) is 12.1 Å². The van der Waals surface area contributed by atoms with E-state index in [1.54, 1.807) is 17.0 Å². The number of urea groups is 1. The molecule has 1 atom stereocenters. The van der Waals surface area contributed by atoms with Crippen molar-refractivity contribution in [3.63, 3.8) is 0 Å². The Morgan fingerprint density at radius 3 is 2.52 bits per heavy atom. The first-order valence-electron chi connectivity index (χ1n) is 9.48. The lowest BCUT2D eigenvalue weighted by Gasteiger charge is -2.26. The van der Waals surface area contributed by atoms with Crippen LogP contribution in [0.5, 0.6) is 0 Å². The number of ether oxygens (including phenoxy) is 1. The van der Waals surface area contributed by atoms with Gasteiger partial charge in [0, 0.05) is 24.2 Å². The monoisotopic (exact) mass is 395 g/mol. The number of hydrogen-bond acceptors (Lipinski definition) is 4. The topological polar surface area (TPSA) is 83.8 Å². The highest BCUT2D eigenvalue weighted by molar-refractivity contribution is 5.84. The molecule has 1 unspecified atom stereocenters. The van der Waals surface area contributed by atoms with Crippen LogP contribution in [0.1, 0.15) is 31.2 Å². The van der Waals surface area contributed by atoms with Crippen LogP contribution in [0.25, 0.3) is 11.0 Å². The fourth-order valence-corrected chi connectivity index (χ4v) is 3.11. The molecule has 7 nitrogen and oxygen atoms in total. The molecule has 29 heavy (non-hydrogen) atoms. The summed E-state index contributed by atoms with van der Waals surface area (Å²) in [4.78, 5) is 25.7. The smallest absolute Gasteiger partial charge is 0.411 e. The first-order valence-corrected chi connectivity index (χ1v) is 9.48. The first-order chi connectivity index (χ1) is 14.0. The fourth-order valence-electron chi connectivity index (χ4n) is 3.11. The lowest BCUT2D eigenvalue weighted by molar-refractivity contribution is 0.175. The van der Waals surface area contributed by atoms with Crippen LogP contribution >= 0.6 is 0 Å². The van der Waals surface area contributed by atoms with E-state index in [1.165, 1.54) is 7.11 Å². The van der Waals surface area contributed by atoms with Crippen molar-refractivity contribution in [1.29, 1.82) is 0 Å². The van der Waals surface area contributed by atoms with E-state index >= 15 is 0 Å². The van der Waals surface area contributed by atoms with Gasteiger partial charge in [-0.15, -0.1) is 0 Å². The van der Waals surface area contributed by atoms with Crippen molar-refractivity contribution in [1.82, 2.24) is 10.2 Å². The van der Waals surface area contributed by atoms with Crippen molar-refractivity contribution in [3.8, 4) is 0 Å². The second-order valence-corrected chi connectivity index (χ2v) is 6.62. The molecular formula is C22H25N3O4. The molecule has 1 aromatic heterocycles. The van der Waals surface area contributed by atoms with Crippen LogP contribution in [0, 0.1) is 0 Å². The number of carbonyl (C=O) groups excluding carboxylic acids is 2. The summed E-state index contributed by atoms with van der Waals surface area (Å²) in [5, 5.41) is 6.55. The number of anilines is 1. The average Bonchev–Trinajstić information content (AvgIpc) is 3.18. The summed E-state index contributed by atoms with van der Waals surface area (Å²) in [6, 6.07) is 16.6. The lowest BCUT2D eigenvalue weighted by atomic mass is 10.2. The van der Waals surface area contributed by atoms with Gasteiger partial charge in [-0.05, 0) is 43.7 Å². The minimum atomic E-state index is -0.524. The van der Waals surface area contributed by atoms with Gasteiger partial charge in [0.15, 0.2) is 0 Å². The van der Waals surface area contributed by atoms with Gasteiger partial charge in [0.25, 0.3) is 0 Å². The van der Waals surface area contributed by atoms with Gasteiger partial charge in [-0.2, -0.15) is 0 Å². The van der Waals surface area contributed by atoms with Crippen molar-refractivity contribution < 1.29 is 18.7 Å². The number of para-hydroxylation sites is 1. The third kappa shape index (κ3) is 4.87. The zero-order valence-electron chi connectivity index (χ0n) is 16.8. The molecular weight excluding hydrogens is 370 g/mol. The van der Waals surface area contributed by atoms with Crippen LogP contribution in [0.3, 0.4) is 0 Å². The molecule has 0 spiro atoms. The quantitative estimate of drug-likeness (QED) is 0.621. The molecule has 7 heteroatoms. The van der Waals surface area contributed by atoms with E-state index in [0.717, 1.165) is 22.3 Å². The maximum Gasteiger partial charge on any atom is 0.411 e. The molecule has 0 saturated carbocycles. The van der Waals surface area contributed by atoms with E-state index in [4.69, 9.17) is 4.42 Å². The highest BCUT2D eigenvalue weighted by Crippen LogP contribution is 2.27. The molecule has 0 aliphatic carbocycles. The number of nitrogens with zero attached hydrogens (tertiary/aromatic N) is 1. The minimum absolute atomic E-state index is 0.169. The van der Waals surface area contributed by atoms with Crippen molar-refractivity contribution in [3.05, 3.63) is 65.9 Å². The third-order valence-corrected chi connectivity index (χ3v) is 4.75. The predicted molar refractivity (Wildman–Crippen MR) is 112 cm³/mol. The van der Waals surface area contributed by atoms with Crippen molar-refractivity contribution in [2.75, 3.05) is 19.0 Å². The van der Waals surface area contributed by atoms with Gasteiger partial charge in [-0.3, -0.25) is 5.32 Å². The molecule has 0 saturated heterocycles. The summed E-state index contributed by atoms with van der Waals surface area (Å²) < 4.78 is 10.5. The number of amides is 3. The van der Waals surface area contributed by atoms with Gasteiger partial charge in [0.05, 0.1) is 13.2 Å². The Bertz CT molecular complexity index is 948. The van der Waals surface area contributed by atoms with Gasteiger partial charge in [0.2, 0.25) is 0 Å². The van der Waals surface area contributed by atoms with Gasteiger partial charge in [-0.1, -0.05) is 30.3 Å². The molecule has 0 aliphatic rings. The van der Waals surface area contributed by atoms with E-state index in [9.17, 15) is 9.59 Å². The predicted octanol–water partition coefficient (Wildman–Crippen LogP) is 4.90. The third-order valence-electron chi connectivity index (χ3n) is 4.75. The molecule has 0 bridgehead atoms. The SMILES string of the molecule is CCN(C(=O)NCc1ccc(NC(=O)OC)cc1)C(C)c1cc2ccccc2o1. The summed E-state index contributed by atoms with van der Waals surface area (Å²) in [6.45, 7) is 4.81. The summed E-state index contributed by atoms with van der Waals surface area (Å²) in [6.07, 6.45) is -0.524. The highest BCUT2D eigenvalue weighted by Gasteiger charge is 2.22. The molecule has 3 aromatic rings. The number of carbonyl (C=O) groups is 2. The number of nitrogens with one attached hydrogen (secondary N) is 2. The van der Waals surface area contributed by atoms with Gasteiger partial charge < -0.3 is 19.4 Å². The van der Waals surface area contributed by atoms with Crippen molar-refractivity contribution in [2.45, 2.75) is 26.4 Å². The Labute approximate surface area is 169 Å². The normalized spacial score (nSPS) is 11.7. The Balaban J connectivity index is 1.61. The highest BCUT2D eigenvalue weighted by atomic mass is 16.5. The fraction of sp³-hybridized carbons (Fsp3) is 0.273. The van der Waals surface area contributed by atoms with E-state index < -0.39 is 6.09 Å². The van der Waals surface area contributed by atoms with Crippen LogP contribution in [-0.4, -0.2) is 30.7 Å². The number of benzene rings is 2. The standard InChI is InChI=1S/C22H25N3O4/c1-4-25(15(2)20-13-17-7-5-6-8-19(17)29-20)21(26)23-14-16-9-11-18(12-10-16)24-22(27)28-3/h5-13,15H,4,14H2,1-3H3,(H,23,26)(H,24,27). The van der Waals surface area contributed by atoms with Gasteiger partial charge in [0.1, 0.15) is 11.3 Å². The lowest BCUT2D eigenvalue weighted by Crippen LogP contribution is -2.40. The summed E-state index contributed by atoms with van der Waals surface area (Å²) in [7, 11) is 1.31. The summed E-state index contributed by atoms with van der Waals surface area (Å²) in [5.74, 6) is 0.751. The van der Waals surface area contributed by atoms with E-state index in [2.05, 4.69) is 15.4 Å². The van der Waals surface area contributed by atoms with E-state index in [1.807, 2.05) is 56.3 Å². The molecule has 0 fully saturated rings. The Morgan fingerprint density at radius 1 is 1.14 bits per heavy atom. The minimum Gasteiger partial charge on any atom is -0.459 e. The molecule has 3 rings (SSSR count). The van der Waals surface area contributed by atoms with Crippen LogP contribution in [-0.2, 0) is 11.3 Å². The number of fused-ring (bicyclic) bond motifs is 1. The molecule has 2 N–H and O–H groups in total. The van der Waals surface area contributed by atoms with Gasteiger partial charge in [-0.25, -0.2) is 9.59 Å².